The fourth-order valence-corrected chi connectivity index (χ4v) is 3.83. The van der Waals surface area contributed by atoms with Crippen molar-refractivity contribution in [2.24, 2.45) is 0 Å². The van der Waals surface area contributed by atoms with Crippen LogP contribution < -0.4 is 11.2 Å². The first-order valence-corrected chi connectivity index (χ1v) is 9.72. The SMILES string of the molecule is Cc1cc(C(=O)Cn2c(=O)c(F)cn([C@H]3CCCO3)c2=O)c(C)n1Cc1ccco1. The number of halogens is 1. The highest BCUT2D eigenvalue weighted by Gasteiger charge is 2.24. The van der Waals surface area contributed by atoms with Crippen LogP contribution in [0.1, 0.15) is 46.6 Å². The number of ketones is 1. The highest BCUT2D eigenvalue weighted by Crippen LogP contribution is 2.21. The van der Waals surface area contributed by atoms with E-state index in [0.29, 0.717) is 35.4 Å². The summed E-state index contributed by atoms with van der Waals surface area (Å²) < 4.78 is 28.6. The lowest BCUT2D eigenvalue weighted by Gasteiger charge is -2.15. The van der Waals surface area contributed by atoms with Gasteiger partial charge >= 0.3 is 5.69 Å². The van der Waals surface area contributed by atoms with Crippen molar-refractivity contribution in [1.82, 2.24) is 13.7 Å². The molecule has 1 atom stereocenters. The van der Waals surface area contributed by atoms with Gasteiger partial charge in [0.2, 0.25) is 5.82 Å². The number of hydrogen-bond acceptors (Lipinski definition) is 5. The summed E-state index contributed by atoms with van der Waals surface area (Å²) in [6.45, 7) is 3.99. The Hall–Kier alpha value is -3.20. The first kappa shape index (κ1) is 20.1. The fourth-order valence-electron chi connectivity index (χ4n) is 3.83. The summed E-state index contributed by atoms with van der Waals surface area (Å²) in [5.41, 5.74) is 0.00438. The summed E-state index contributed by atoms with van der Waals surface area (Å²) >= 11 is 0. The molecule has 8 nitrogen and oxygen atoms in total. The lowest BCUT2D eigenvalue weighted by atomic mass is 10.1. The van der Waals surface area contributed by atoms with Gasteiger partial charge in [0, 0.05) is 23.6 Å². The molecule has 0 saturated carbocycles. The third kappa shape index (κ3) is 3.56. The molecule has 0 spiro atoms. The number of rotatable bonds is 6. The minimum atomic E-state index is -1.12. The summed E-state index contributed by atoms with van der Waals surface area (Å²) in [6, 6.07) is 5.31. The maximum absolute atomic E-state index is 14.2. The normalized spacial score (nSPS) is 16.3. The van der Waals surface area contributed by atoms with E-state index < -0.39 is 35.6 Å². The van der Waals surface area contributed by atoms with Gasteiger partial charge in [-0.25, -0.2) is 9.36 Å². The number of carbonyl (C=O) groups excluding carboxylic acids is 1. The number of aromatic nitrogens is 3. The Morgan fingerprint density at radius 2 is 2.07 bits per heavy atom. The van der Waals surface area contributed by atoms with Crippen molar-refractivity contribution in [2.45, 2.75) is 46.0 Å². The largest absolute Gasteiger partial charge is 0.467 e. The molecule has 1 fully saturated rings. The Labute approximate surface area is 171 Å². The molecule has 4 rings (SSSR count). The standard InChI is InChI=1S/C21H22FN3O5/c1-13-9-16(14(2)23(13)10-15-5-3-7-29-15)18(26)12-25-20(27)17(22)11-24(21(25)28)19-6-4-8-30-19/h3,5,7,9,11,19H,4,6,8,10,12H2,1-2H3/t19-/m1/s1. The van der Waals surface area contributed by atoms with E-state index in [0.717, 1.165) is 28.6 Å². The highest BCUT2D eigenvalue weighted by molar-refractivity contribution is 5.97. The molecular formula is C21H22FN3O5. The van der Waals surface area contributed by atoms with E-state index in [9.17, 15) is 18.8 Å². The van der Waals surface area contributed by atoms with Gasteiger partial charge in [-0.3, -0.25) is 14.2 Å². The maximum Gasteiger partial charge on any atom is 0.333 e. The zero-order valence-electron chi connectivity index (χ0n) is 16.8. The second-order valence-corrected chi connectivity index (χ2v) is 7.40. The molecule has 0 aromatic carbocycles. The predicted octanol–water partition coefficient (Wildman–Crippen LogP) is 2.40. The summed E-state index contributed by atoms with van der Waals surface area (Å²) in [5.74, 6) is -0.810. The van der Waals surface area contributed by atoms with Gasteiger partial charge in [0.05, 0.1) is 25.5 Å². The van der Waals surface area contributed by atoms with Gasteiger partial charge in [-0.1, -0.05) is 0 Å². The third-order valence-electron chi connectivity index (χ3n) is 5.44. The van der Waals surface area contributed by atoms with Crippen molar-refractivity contribution in [2.75, 3.05) is 6.61 Å². The lowest BCUT2D eigenvalue weighted by molar-refractivity contribution is 0.0501. The molecule has 9 heteroatoms. The van der Waals surface area contributed by atoms with Crippen molar-refractivity contribution < 1.29 is 18.3 Å². The van der Waals surface area contributed by atoms with Crippen molar-refractivity contribution in [3.8, 4) is 0 Å². The molecule has 4 heterocycles. The topological polar surface area (TPSA) is 88.4 Å². The van der Waals surface area contributed by atoms with Crippen LogP contribution in [0.5, 0.6) is 0 Å². The summed E-state index contributed by atoms with van der Waals surface area (Å²) in [5, 5.41) is 0. The van der Waals surface area contributed by atoms with Crippen LogP contribution in [0.15, 0.2) is 44.7 Å². The first-order valence-electron chi connectivity index (χ1n) is 9.72. The van der Waals surface area contributed by atoms with Gasteiger partial charge in [-0.05, 0) is 44.9 Å². The van der Waals surface area contributed by atoms with Gasteiger partial charge in [-0.2, -0.15) is 4.39 Å². The number of furan rings is 1. The number of aryl methyl sites for hydroxylation is 1. The van der Waals surface area contributed by atoms with E-state index in [1.165, 1.54) is 0 Å². The van der Waals surface area contributed by atoms with Gasteiger partial charge in [0.15, 0.2) is 5.78 Å². The van der Waals surface area contributed by atoms with Crippen LogP contribution in [0.3, 0.4) is 0 Å². The van der Waals surface area contributed by atoms with Gasteiger partial charge in [0.25, 0.3) is 5.56 Å². The first-order chi connectivity index (χ1) is 14.4. The van der Waals surface area contributed by atoms with Crippen LogP contribution in [0.4, 0.5) is 4.39 Å². The van der Waals surface area contributed by atoms with Crippen LogP contribution in [0.2, 0.25) is 0 Å². The number of hydrogen-bond donors (Lipinski definition) is 0. The van der Waals surface area contributed by atoms with Crippen molar-refractivity contribution in [1.29, 1.82) is 0 Å². The smallest absolute Gasteiger partial charge is 0.333 e. The Morgan fingerprint density at radius 1 is 1.27 bits per heavy atom. The van der Waals surface area contributed by atoms with Crippen LogP contribution in [-0.2, 0) is 17.8 Å². The average molecular weight is 415 g/mol. The Bertz CT molecular complexity index is 1200. The van der Waals surface area contributed by atoms with Crippen LogP contribution in [0, 0.1) is 19.7 Å². The van der Waals surface area contributed by atoms with Crippen LogP contribution in [-0.4, -0.2) is 26.1 Å². The molecule has 158 valence electrons. The van der Waals surface area contributed by atoms with E-state index in [1.807, 2.05) is 17.6 Å². The molecule has 0 bridgehead atoms. The van der Waals surface area contributed by atoms with Crippen molar-refractivity contribution >= 4 is 5.78 Å². The second kappa shape index (κ2) is 7.91. The minimum absolute atomic E-state index is 0.373. The van der Waals surface area contributed by atoms with E-state index in [2.05, 4.69) is 0 Å². The molecule has 3 aromatic rings. The Balaban J connectivity index is 1.66. The Kier molecular flexibility index (Phi) is 5.29. The average Bonchev–Trinajstić information content (AvgIpc) is 3.47. The number of ether oxygens (including phenoxy) is 1. The van der Waals surface area contributed by atoms with E-state index in [-0.39, 0.29) is 0 Å². The molecule has 1 aliphatic rings. The molecule has 0 N–H and O–H groups in total. The molecule has 0 unspecified atom stereocenters. The fraction of sp³-hybridized carbons (Fsp3) is 0.381. The molecule has 0 amide bonds. The van der Waals surface area contributed by atoms with Crippen molar-refractivity contribution in [3.63, 3.8) is 0 Å². The number of Topliss-reactive ketones (excluding diaryl/α,β-unsaturated/α-hetero) is 1. The molecule has 1 saturated heterocycles. The lowest BCUT2D eigenvalue weighted by Crippen LogP contribution is -2.43. The summed E-state index contributed by atoms with van der Waals surface area (Å²) in [7, 11) is 0. The summed E-state index contributed by atoms with van der Waals surface area (Å²) in [6.07, 6.45) is 3.08. The van der Waals surface area contributed by atoms with E-state index in [1.54, 1.807) is 25.3 Å². The molecule has 0 aliphatic carbocycles. The molecule has 1 aliphatic heterocycles. The monoisotopic (exact) mass is 415 g/mol. The van der Waals surface area contributed by atoms with Gasteiger partial charge in [0.1, 0.15) is 12.0 Å². The van der Waals surface area contributed by atoms with Gasteiger partial charge < -0.3 is 13.7 Å². The third-order valence-corrected chi connectivity index (χ3v) is 5.44. The quantitative estimate of drug-likeness (QED) is 0.577. The zero-order valence-corrected chi connectivity index (χ0v) is 16.8. The molecule has 0 radical (unpaired) electrons. The maximum atomic E-state index is 14.2. The summed E-state index contributed by atoms with van der Waals surface area (Å²) in [4.78, 5) is 38.0. The zero-order chi connectivity index (χ0) is 21.4. The second-order valence-electron chi connectivity index (χ2n) is 7.40. The number of nitrogens with zero attached hydrogens (tertiary/aromatic N) is 3. The van der Waals surface area contributed by atoms with Crippen molar-refractivity contribution in [3.05, 3.63) is 80.0 Å². The Morgan fingerprint density at radius 3 is 2.73 bits per heavy atom. The van der Waals surface area contributed by atoms with Crippen LogP contribution >= 0.6 is 0 Å². The highest BCUT2D eigenvalue weighted by atomic mass is 19.1. The van der Waals surface area contributed by atoms with Crippen LogP contribution in [0.25, 0.3) is 0 Å². The minimum Gasteiger partial charge on any atom is -0.467 e. The van der Waals surface area contributed by atoms with E-state index in [4.69, 9.17) is 9.15 Å². The molecular weight excluding hydrogens is 393 g/mol. The number of carbonyl (C=O) groups is 1. The van der Waals surface area contributed by atoms with E-state index >= 15 is 0 Å². The molecule has 30 heavy (non-hydrogen) atoms. The van der Waals surface area contributed by atoms with Gasteiger partial charge in [-0.15, -0.1) is 0 Å². The predicted molar refractivity (Wildman–Crippen MR) is 105 cm³/mol. The molecule has 3 aromatic heterocycles.